The largest absolute Gasteiger partial charge is 0.271 e. The Morgan fingerprint density at radius 2 is 2.13 bits per heavy atom. The zero-order chi connectivity index (χ0) is 11.4. The van der Waals surface area contributed by atoms with Gasteiger partial charge in [-0.15, -0.1) is 0 Å². The summed E-state index contributed by atoms with van der Waals surface area (Å²) >= 11 is 5.83. The summed E-state index contributed by atoms with van der Waals surface area (Å²) in [7, 11) is 0. The Bertz CT molecular complexity index is 331. The quantitative estimate of drug-likeness (QED) is 0.620. The van der Waals surface area contributed by atoms with Crippen molar-refractivity contribution in [3.8, 4) is 0 Å². The van der Waals surface area contributed by atoms with E-state index in [0.29, 0.717) is 5.02 Å². The number of hydrogen-bond donors (Lipinski definition) is 2. The van der Waals surface area contributed by atoms with Gasteiger partial charge in [0.05, 0.1) is 6.04 Å². The molecular weight excluding hydrogens is 222 g/mol. The van der Waals surface area contributed by atoms with Gasteiger partial charge in [-0.3, -0.25) is 11.3 Å². The number of alkyl halides is 2. The van der Waals surface area contributed by atoms with Crippen LogP contribution in [0.25, 0.3) is 0 Å². The molecule has 1 atom stereocenters. The lowest BCUT2D eigenvalue weighted by atomic mass is 10.0. The van der Waals surface area contributed by atoms with E-state index in [9.17, 15) is 8.78 Å². The third kappa shape index (κ3) is 3.41. The van der Waals surface area contributed by atoms with Gasteiger partial charge in [-0.25, -0.2) is 8.78 Å². The van der Waals surface area contributed by atoms with Crippen molar-refractivity contribution in [3.63, 3.8) is 0 Å². The first-order valence-corrected chi connectivity index (χ1v) is 4.91. The van der Waals surface area contributed by atoms with Crippen LogP contribution in [0.4, 0.5) is 8.78 Å². The second kappa shape index (κ2) is 5.39. The fraction of sp³-hybridized carbons (Fsp3) is 0.400. The molecule has 0 aromatic heterocycles. The molecule has 1 aromatic rings. The van der Waals surface area contributed by atoms with Crippen molar-refractivity contribution < 1.29 is 8.78 Å². The van der Waals surface area contributed by atoms with Crippen molar-refractivity contribution in [2.75, 3.05) is 0 Å². The van der Waals surface area contributed by atoms with E-state index in [1.807, 2.05) is 6.92 Å². The van der Waals surface area contributed by atoms with Gasteiger partial charge in [0, 0.05) is 5.02 Å². The summed E-state index contributed by atoms with van der Waals surface area (Å²) in [6.07, 6.45) is -2.29. The lowest BCUT2D eigenvalue weighted by Crippen LogP contribution is -2.42. The molecule has 1 rings (SSSR count). The third-order valence-corrected chi connectivity index (χ3v) is 2.62. The molecule has 0 saturated heterocycles. The van der Waals surface area contributed by atoms with Gasteiger partial charge in [0.2, 0.25) is 0 Å². The second-order valence-electron chi connectivity index (χ2n) is 3.40. The number of benzene rings is 1. The van der Waals surface area contributed by atoms with Gasteiger partial charge in [0.1, 0.15) is 0 Å². The molecule has 0 amide bonds. The monoisotopic (exact) mass is 234 g/mol. The van der Waals surface area contributed by atoms with Crippen molar-refractivity contribution in [2.24, 2.45) is 5.84 Å². The number of nitrogens with two attached hydrogens (primary N) is 1. The summed E-state index contributed by atoms with van der Waals surface area (Å²) in [4.78, 5) is 0. The van der Waals surface area contributed by atoms with E-state index in [0.717, 1.165) is 11.1 Å². The average Bonchev–Trinajstić information content (AvgIpc) is 2.19. The van der Waals surface area contributed by atoms with Gasteiger partial charge in [-0.1, -0.05) is 23.7 Å². The molecule has 15 heavy (non-hydrogen) atoms. The van der Waals surface area contributed by atoms with Crippen LogP contribution in [-0.4, -0.2) is 12.5 Å². The van der Waals surface area contributed by atoms with Gasteiger partial charge in [0.25, 0.3) is 6.43 Å². The summed E-state index contributed by atoms with van der Waals surface area (Å²) in [6, 6.07) is 4.19. The van der Waals surface area contributed by atoms with Crippen LogP contribution < -0.4 is 11.3 Å². The molecule has 5 heteroatoms. The number of rotatable bonds is 4. The summed E-state index contributed by atoms with van der Waals surface area (Å²) in [5.41, 5.74) is 3.77. The third-order valence-electron chi connectivity index (χ3n) is 2.20. The van der Waals surface area contributed by atoms with Crippen LogP contribution in [0.3, 0.4) is 0 Å². The van der Waals surface area contributed by atoms with Crippen LogP contribution in [-0.2, 0) is 6.42 Å². The molecular formula is C10H13ClF2N2. The number of hydrogen-bond acceptors (Lipinski definition) is 2. The summed E-state index contributed by atoms with van der Waals surface area (Å²) in [6.45, 7) is 1.83. The predicted octanol–water partition coefficient (Wildman–Crippen LogP) is 2.29. The molecule has 0 spiro atoms. The Labute approximate surface area is 92.4 Å². The van der Waals surface area contributed by atoms with E-state index in [4.69, 9.17) is 17.4 Å². The molecule has 0 fully saturated rings. The molecule has 0 aliphatic carbocycles. The Morgan fingerprint density at radius 3 is 2.60 bits per heavy atom. The molecule has 0 saturated carbocycles. The molecule has 3 N–H and O–H groups in total. The number of hydrazine groups is 1. The minimum Gasteiger partial charge on any atom is -0.271 e. The summed E-state index contributed by atoms with van der Waals surface area (Å²) in [5.74, 6) is 5.03. The first-order valence-electron chi connectivity index (χ1n) is 4.54. The summed E-state index contributed by atoms with van der Waals surface area (Å²) in [5, 5.41) is 0.632. The van der Waals surface area contributed by atoms with Crippen LogP contribution in [0.1, 0.15) is 11.1 Å². The van der Waals surface area contributed by atoms with E-state index >= 15 is 0 Å². The van der Waals surface area contributed by atoms with Crippen LogP contribution in [0.2, 0.25) is 5.02 Å². The van der Waals surface area contributed by atoms with Gasteiger partial charge >= 0.3 is 0 Å². The standard InChI is InChI=1S/C10H13ClF2N2/c1-6-4-7(2-3-8(6)11)5-9(15-14)10(12)13/h2-4,9-10,15H,5,14H2,1H3. The lowest BCUT2D eigenvalue weighted by Gasteiger charge is -2.15. The molecule has 1 aromatic carbocycles. The molecule has 2 nitrogen and oxygen atoms in total. The maximum absolute atomic E-state index is 12.4. The highest BCUT2D eigenvalue weighted by Crippen LogP contribution is 2.18. The average molecular weight is 235 g/mol. The van der Waals surface area contributed by atoms with Crippen molar-refractivity contribution in [2.45, 2.75) is 25.8 Å². The van der Waals surface area contributed by atoms with Gasteiger partial charge in [-0.05, 0) is 30.5 Å². The number of nitrogens with one attached hydrogen (secondary N) is 1. The Morgan fingerprint density at radius 1 is 1.47 bits per heavy atom. The van der Waals surface area contributed by atoms with Crippen LogP contribution in [0.15, 0.2) is 18.2 Å². The fourth-order valence-corrected chi connectivity index (χ4v) is 1.43. The molecule has 0 heterocycles. The summed E-state index contributed by atoms with van der Waals surface area (Å²) < 4.78 is 24.8. The smallest absolute Gasteiger partial charge is 0.255 e. The van der Waals surface area contributed by atoms with Gasteiger partial charge in [0.15, 0.2) is 0 Å². The highest BCUT2D eigenvalue weighted by atomic mass is 35.5. The van der Waals surface area contributed by atoms with E-state index in [-0.39, 0.29) is 6.42 Å². The first-order chi connectivity index (χ1) is 7.04. The molecule has 84 valence electrons. The topological polar surface area (TPSA) is 38.0 Å². The second-order valence-corrected chi connectivity index (χ2v) is 3.80. The van der Waals surface area contributed by atoms with Crippen molar-refractivity contribution in [1.29, 1.82) is 0 Å². The highest BCUT2D eigenvalue weighted by molar-refractivity contribution is 6.31. The number of aryl methyl sites for hydroxylation is 1. The predicted molar refractivity (Wildman–Crippen MR) is 57.0 cm³/mol. The molecule has 1 unspecified atom stereocenters. The van der Waals surface area contributed by atoms with Crippen molar-refractivity contribution in [1.82, 2.24) is 5.43 Å². The van der Waals surface area contributed by atoms with Crippen molar-refractivity contribution >= 4 is 11.6 Å². The van der Waals surface area contributed by atoms with E-state index < -0.39 is 12.5 Å². The van der Waals surface area contributed by atoms with Gasteiger partial charge in [-0.2, -0.15) is 0 Å². The zero-order valence-electron chi connectivity index (χ0n) is 8.31. The Hall–Kier alpha value is -0.710. The first kappa shape index (κ1) is 12.4. The molecule has 0 aliphatic rings. The lowest BCUT2D eigenvalue weighted by molar-refractivity contribution is 0.0984. The maximum Gasteiger partial charge on any atom is 0.255 e. The Balaban J connectivity index is 2.75. The van der Waals surface area contributed by atoms with Crippen LogP contribution >= 0.6 is 11.6 Å². The Kier molecular flexibility index (Phi) is 4.45. The van der Waals surface area contributed by atoms with E-state index in [2.05, 4.69) is 5.43 Å². The van der Waals surface area contributed by atoms with Crippen LogP contribution in [0.5, 0.6) is 0 Å². The number of halogens is 3. The zero-order valence-corrected chi connectivity index (χ0v) is 9.06. The van der Waals surface area contributed by atoms with Crippen molar-refractivity contribution in [3.05, 3.63) is 34.3 Å². The van der Waals surface area contributed by atoms with E-state index in [1.54, 1.807) is 18.2 Å². The normalized spacial score (nSPS) is 13.2. The van der Waals surface area contributed by atoms with Crippen LogP contribution in [0, 0.1) is 6.92 Å². The fourth-order valence-electron chi connectivity index (χ4n) is 1.31. The minimum atomic E-state index is -2.48. The van der Waals surface area contributed by atoms with Gasteiger partial charge < -0.3 is 0 Å². The molecule has 0 bridgehead atoms. The maximum atomic E-state index is 12.4. The minimum absolute atomic E-state index is 0.187. The highest BCUT2D eigenvalue weighted by Gasteiger charge is 2.18. The van der Waals surface area contributed by atoms with E-state index in [1.165, 1.54) is 0 Å². The SMILES string of the molecule is Cc1cc(CC(NN)C(F)F)ccc1Cl. The molecule has 0 radical (unpaired) electrons. The molecule has 0 aliphatic heterocycles.